The summed E-state index contributed by atoms with van der Waals surface area (Å²) in [6, 6.07) is 11.0. The number of halogens is 4. The van der Waals surface area contributed by atoms with Crippen molar-refractivity contribution >= 4 is 17.4 Å². The number of nitrogens with one attached hydrogen (secondary N) is 1. The molecule has 4 nitrogen and oxygen atoms in total. The molecule has 8 heteroatoms. The molecule has 1 aliphatic rings. The van der Waals surface area contributed by atoms with E-state index in [2.05, 4.69) is 15.2 Å². The van der Waals surface area contributed by atoms with Gasteiger partial charge in [0, 0.05) is 25.7 Å². The van der Waals surface area contributed by atoms with Crippen LogP contribution in [0.4, 0.5) is 19.0 Å². The number of benzene rings is 1. The van der Waals surface area contributed by atoms with Crippen molar-refractivity contribution in [2.24, 2.45) is 0 Å². The molecule has 0 radical (unpaired) electrons. The third kappa shape index (κ3) is 5.12. The molecule has 1 saturated heterocycles. The van der Waals surface area contributed by atoms with Gasteiger partial charge in [0.25, 0.3) is 0 Å². The summed E-state index contributed by atoms with van der Waals surface area (Å²) in [7, 11) is 0. The van der Waals surface area contributed by atoms with Gasteiger partial charge in [-0.3, -0.25) is 4.90 Å². The Morgan fingerprint density at radius 1 is 1.22 bits per heavy atom. The van der Waals surface area contributed by atoms with Crippen molar-refractivity contribution in [2.75, 3.05) is 18.4 Å². The van der Waals surface area contributed by atoms with Crippen LogP contribution in [0, 0.1) is 11.3 Å². The first kappa shape index (κ1) is 19.5. The largest absolute Gasteiger partial charge is 0.416 e. The fourth-order valence-corrected chi connectivity index (χ4v) is 3.30. The zero-order chi connectivity index (χ0) is 19.4. The van der Waals surface area contributed by atoms with Crippen molar-refractivity contribution in [1.29, 1.82) is 5.26 Å². The number of pyridine rings is 1. The summed E-state index contributed by atoms with van der Waals surface area (Å²) in [5, 5.41) is 12.6. The molecule has 1 aromatic carbocycles. The maximum absolute atomic E-state index is 12.8. The van der Waals surface area contributed by atoms with Gasteiger partial charge < -0.3 is 5.32 Å². The molecule has 2 heterocycles. The lowest BCUT2D eigenvalue weighted by molar-refractivity contribution is -0.137. The monoisotopic (exact) mass is 394 g/mol. The number of alkyl halides is 3. The number of aromatic nitrogens is 1. The predicted molar refractivity (Wildman–Crippen MR) is 97.3 cm³/mol. The summed E-state index contributed by atoms with van der Waals surface area (Å²) >= 11 is 5.88. The minimum atomic E-state index is -4.32. The Morgan fingerprint density at radius 3 is 2.63 bits per heavy atom. The average Bonchev–Trinajstić information content (AvgIpc) is 2.64. The Labute approximate surface area is 160 Å². The van der Waals surface area contributed by atoms with Crippen LogP contribution in [0.1, 0.15) is 29.7 Å². The van der Waals surface area contributed by atoms with Crippen LogP contribution in [0.25, 0.3) is 0 Å². The number of hydrogen-bond donors (Lipinski definition) is 1. The number of likely N-dealkylation sites (tertiary alicyclic amines) is 1. The van der Waals surface area contributed by atoms with E-state index in [1.807, 2.05) is 6.07 Å². The molecule has 0 aliphatic carbocycles. The molecule has 3 rings (SSSR count). The molecule has 0 saturated carbocycles. The highest BCUT2D eigenvalue weighted by atomic mass is 35.5. The summed E-state index contributed by atoms with van der Waals surface area (Å²) in [5.41, 5.74) is 0.233. The lowest BCUT2D eigenvalue weighted by atomic mass is 10.0. The second-order valence-corrected chi connectivity index (χ2v) is 6.94. The fraction of sp³-hybridized carbons (Fsp3) is 0.368. The normalized spacial score (nSPS) is 16.1. The van der Waals surface area contributed by atoms with Gasteiger partial charge in [-0.15, -0.1) is 0 Å². The molecule has 0 unspecified atom stereocenters. The molecule has 0 bridgehead atoms. The van der Waals surface area contributed by atoms with Gasteiger partial charge >= 0.3 is 6.18 Å². The number of rotatable bonds is 4. The summed E-state index contributed by atoms with van der Waals surface area (Å²) in [6.45, 7) is 2.04. The highest BCUT2D eigenvalue weighted by molar-refractivity contribution is 6.31. The zero-order valence-corrected chi connectivity index (χ0v) is 15.2. The van der Waals surface area contributed by atoms with Gasteiger partial charge in [0.05, 0.1) is 10.6 Å². The van der Waals surface area contributed by atoms with Crippen molar-refractivity contribution < 1.29 is 13.2 Å². The first-order valence-electron chi connectivity index (χ1n) is 8.57. The number of piperidine rings is 1. The zero-order valence-electron chi connectivity index (χ0n) is 14.4. The summed E-state index contributed by atoms with van der Waals surface area (Å²) in [4.78, 5) is 6.32. The van der Waals surface area contributed by atoms with Crippen LogP contribution >= 0.6 is 11.6 Å². The molecule has 0 spiro atoms. The second kappa shape index (κ2) is 8.15. The van der Waals surface area contributed by atoms with Gasteiger partial charge in [0.2, 0.25) is 0 Å². The first-order chi connectivity index (χ1) is 12.8. The molecule has 0 atom stereocenters. The number of anilines is 1. The topological polar surface area (TPSA) is 52.0 Å². The van der Waals surface area contributed by atoms with Gasteiger partial charge in [-0.2, -0.15) is 18.4 Å². The Hall–Kier alpha value is -2.30. The third-order valence-electron chi connectivity index (χ3n) is 4.55. The van der Waals surface area contributed by atoms with E-state index in [-0.39, 0.29) is 11.7 Å². The first-order valence-corrected chi connectivity index (χ1v) is 8.94. The van der Waals surface area contributed by atoms with Crippen molar-refractivity contribution in [3.8, 4) is 6.07 Å². The second-order valence-electron chi connectivity index (χ2n) is 6.53. The Balaban J connectivity index is 1.54. The fourth-order valence-electron chi connectivity index (χ4n) is 3.15. The summed E-state index contributed by atoms with van der Waals surface area (Å²) in [6.07, 6.45) is -2.64. The van der Waals surface area contributed by atoms with E-state index in [1.54, 1.807) is 18.2 Å². The third-order valence-corrected chi connectivity index (χ3v) is 4.86. The van der Waals surface area contributed by atoms with E-state index in [1.165, 1.54) is 12.1 Å². The lowest BCUT2D eigenvalue weighted by Gasteiger charge is -2.32. The van der Waals surface area contributed by atoms with Gasteiger partial charge in [-0.1, -0.05) is 29.8 Å². The molecule has 1 aromatic heterocycles. The van der Waals surface area contributed by atoms with Gasteiger partial charge in [-0.05, 0) is 36.6 Å². The van der Waals surface area contributed by atoms with Gasteiger partial charge in [0.1, 0.15) is 11.9 Å². The van der Waals surface area contributed by atoms with E-state index >= 15 is 0 Å². The molecular formula is C19H18ClF3N4. The van der Waals surface area contributed by atoms with E-state index < -0.39 is 11.7 Å². The van der Waals surface area contributed by atoms with E-state index in [0.717, 1.165) is 32.0 Å². The average molecular weight is 395 g/mol. The summed E-state index contributed by atoms with van der Waals surface area (Å²) in [5.74, 6) is 0.604. The maximum Gasteiger partial charge on any atom is 0.416 e. The van der Waals surface area contributed by atoms with E-state index in [4.69, 9.17) is 16.9 Å². The van der Waals surface area contributed by atoms with E-state index in [9.17, 15) is 13.2 Å². The highest BCUT2D eigenvalue weighted by Gasteiger charge is 2.30. The smallest absolute Gasteiger partial charge is 0.367 e. The summed E-state index contributed by atoms with van der Waals surface area (Å²) < 4.78 is 38.5. The van der Waals surface area contributed by atoms with E-state index in [0.29, 0.717) is 22.9 Å². The molecule has 1 aliphatic heterocycles. The number of nitrogens with zero attached hydrogens (tertiary/aromatic N) is 3. The Morgan fingerprint density at radius 2 is 1.96 bits per heavy atom. The number of nitriles is 1. The van der Waals surface area contributed by atoms with Crippen LogP contribution in [-0.4, -0.2) is 29.0 Å². The van der Waals surface area contributed by atoms with Crippen LogP contribution in [0.5, 0.6) is 0 Å². The van der Waals surface area contributed by atoms with Crippen LogP contribution in [0.2, 0.25) is 5.02 Å². The molecule has 0 amide bonds. The minimum absolute atomic E-state index is 0.184. The quantitative estimate of drug-likeness (QED) is 0.816. The Bertz CT molecular complexity index is 840. The number of hydrogen-bond acceptors (Lipinski definition) is 4. The standard InChI is InChI=1S/C19H18ClF3N4/c20-16-4-5-18(26-17(16)11-24)25-15-6-8-27(9-7-15)12-13-2-1-3-14(10-13)19(21,22)23/h1-5,10,15H,6-9,12H2,(H,25,26). The van der Waals surface area contributed by atoms with Crippen LogP contribution in [0.3, 0.4) is 0 Å². The highest BCUT2D eigenvalue weighted by Crippen LogP contribution is 2.30. The van der Waals surface area contributed by atoms with Crippen LogP contribution < -0.4 is 5.32 Å². The molecule has 27 heavy (non-hydrogen) atoms. The molecule has 2 aromatic rings. The van der Waals surface area contributed by atoms with Gasteiger partial charge in [0.15, 0.2) is 5.69 Å². The maximum atomic E-state index is 12.8. The lowest BCUT2D eigenvalue weighted by Crippen LogP contribution is -2.38. The van der Waals surface area contributed by atoms with Crippen LogP contribution in [-0.2, 0) is 12.7 Å². The van der Waals surface area contributed by atoms with Crippen molar-refractivity contribution in [2.45, 2.75) is 31.6 Å². The van der Waals surface area contributed by atoms with Crippen molar-refractivity contribution in [3.63, 3.8) is 0 Å². The molecular weight excluding hydrogens is 377 g/mol. The predicted octanol–water partition coefficient (Wildman–Crippen LogP) is 4.70. The molecule has 1 fully saturated rings. The molecule has 142 valence electrons. The van der Waals surface area contributed by atoms with Crippen molar-refractivity contribution in [1.82, 2.24) is 9.88 Å². The van der Waals surface area contributed by atoms with Gasteiger partial charge in [-0.25, -0.2) is 4.98 Å². The Kier molecular flexibility index (Phi) is 5.88. The minimum Gasteiger partial charge on any atom is -0.367 e. The molecule has 1 N–H and O–H groups in total. The van der Waals surface area contributed by atoms with Crippen molar-refractivity contribution in [3.05, 3.63) is 58.2 Å². The van der Waals surface area contributed by atoms with Crippen LogP contribution in [0.15, 0.2) is 36.4 Å². The SMILES string of the molecule is N#Cc1nc(NC2CCN(Cc3cccc(C(F)(F)F)c3)CC2)ccc1Cl.